The van der Waals surface area contributed by atoms with E-state index >= 15 is 0 Å². The summed E-state index contributed by atoms with van der Waals surface area (Å²) >= 11 is 0. The first-order valence-electron chi connectivity index (χ1n) is 8.32. The van der Waals surface area contributed by atoms with Crippen LogP contribution in [0.25, 0.3) is 5.70 Å². The smallest absolute Gasteiger partial charge is 0.341 e. The molecular weight excluding hydrogens is 338 g/mol. The topological polar surface area (TPSA) is 74.3 Å². The Hall–Kier alpha value is -2.96. The first-order valence-corrected chi connectivity index (χ1v) is 8.32. The van der Waals surface area contributed by atoms with Gasteiger partial charge in [0, 0.05) is 24.7 Å². The molecule has 0 unspecified atom stereocenters. The fourth-order valence-electron chi connectivity index (χ4n) is 3.20. The number of rotatable bonds is 4. The van der Waals surface area contributed by atoms with E-state index in [1.807, 2.05) is 6.07 Å². The van der Waals surface area contributed by atoms with E-state index in [2.05, 4.69) is 4.90 Å². The van der Waals surface area contributed by atoms with Crippen LogP contribution in [0.3, 0.4) is 0 Å². The molecule has 0 bridgehead atoms. The van der Waals surface area contributed by atoms with E-state index in [4.69, 9.17) is 18.9 Å². The van der Waals surface area contributed by atoms with Crippen LogP contribution in [0.15, 0.2) is 35.6 Å². The molecule has 0 N–H and O–H groups in total. The molecule has 0 aliphatic carbocycles. The van der Waals surface area contributed by atoms with E-state index < -0.39 is 11.9 Å². The van der Waals surface area contributed by atoms with Gasteiger partial charge in [-0.25, -0.2) is 9.59 Å². The Morgan fingerprint density at radius 3 is 2.35 bits per heavy atom. The Labute approximate surface area is 151 Å². The first-order chi connectivity index (χ1) is 12.6. The molecule has 0 saturated carbocycles. The van der Waals surface area contributed by atoms with E-state index in [0.29, 0.717) is 22.8 Å². The quantitative estimate of drug-likeness (QED) is 0.762. The second-order valence-electron chi connectivity index (χ2n) is 5.91. The van der Waals surface area contributed by atoms with Crippen LogP contribution in [-0.4, -0.2) is 51.3 Å². The number of fused-ring (bicyclic) bond motifs is 1. The van der Waals surface area contributed by atoms with Crippen LogP contribution in [0.2, 0.25) is 0 Å². The zero-order valence-electron chi connectivity index (χ0n) is 15.0. The van der Waals surface area contributed by atoms with E-state index in [-0.39, 0.29) is 11.1 Å². The van der Waals surface area contributed by atoms with Crippen LogP contribution in [0.5, 0.6) is 11.5 Å². The average molecular weight is 359 g/mol. The maximum absolute atomic E-state index is 12.6. The lowest BCUT2D eigenvalue weighted by molar-refractivity contribution is -0.139. The van der Waals surface area contributed by atoms with Gasteiger partial charge in [-0.3, -0.25) is 0 Å². The molecule has 138 valence electrons. The summed E-state index contributed by atoms with van der Waals surface area (Å²) in [6, 6.07) is 5.33. The maximum atomic E-state index is 12.6. The number of hydrogen-bond donors (Lipinski definition) is 0. The van der Waals surface area contributed by atoms with Gasteiger partial charge >= 0.3 is 11.9 Å². The van der Waals surface area contributed by atoms with Gasteiger partial charge in [-0.05, 0) is 25.0 Å². The summed E-state index contributed by atoms with van der Waals surface area (Å²) in [5.74, 6) is -0.177. The molecule has 1 aromatic carbocycles. The number of esters is 2. The number of ether oxygens (including phenoxy) is 4. The Bertz CT molecular complexity index is 789. The number of methoxy groups -OCH3 is 3. The van der Waals surface area contributed by atoms with Crippen LogP contribution in [0.4, 0.5) is 0 Å². The molecule has 3 rings (SSSR count). The summed E-state index contributed by atoms with van der Waals surface area (Å²) in [6.45, 7) is 1.55. The molecule has 0 spiro atoms. The predicted octanol–water partition coefficient (Wildman–Crippen LogP) is 2.12. The predicted molar refractivity (Wildman–Crippen MR) is 93.5 cm³/mol. The minimum atomic E-state index is -0.665. The summed E-state index contributed by atoms with van der Waals surface area (Å²) in [4.78, 5) is 27.0. The number of nitrogens with zero attached hydrogens (tertiary/aromatic N) is 1. The van der Waals surface area contributed by atoms with Crippen LogP contribution < -0.4 is 9.47 Å². The van der Waals surface area contributed by atoms with Crippen LogP contribution in [0.1, 0.15) is 18.4 Å². The molecule has 1 aromatic rings. The molecule has 1 fully saturated rings. The number of likely N-dealkylation sites (tertiary alicyclic amines) is 1. The van der Waals surface area contributed by atoms with Gasteiger partial charge in [-0.15, -0.1) is 0 Å². The van der Waals surface area contributed by atoms with E-state index in [1.165, 1.54) is 20.5 Å². The van der Waals surface area contributed by atoms with Gasteiger partial charge in [-0.2, -0.15) is 0 Å². The van der Waals surface area contributed by atoms with Gasteiger partial charge in [0.15, 0.2) is 0 Å². The average Bonchev–Trinajstić information content (AvgIpc) is 3.15. The van der Waals surface area contributed by atoms with E-state index in [9.17, 15) is 9.59 Å². The number of benzene rings is 1. The van der Waals surface area contributed by atoms with Crippen molar-refractivity contribution in [2.24, 2.45) is 0 Å². The van der Waals surface area contributed by atoms with E-state index in [1.54, 1.807) is 19.2 Å². The fraction of sp³-hybridized carbons (Fsp3) is 0.368. The molecule has 7 heteroatoms. The summed E-state index contributed by atoms with van der Waals surface area (Å²) in [7, 11) is 4.10. The second-order valence-corrected chi connectivity index (χ2v) is 5.91. The van der Waals surface area contributed by atoms with Crippen LogP contribution >= 0.6 is 0 Å². The van der Waals surface area contributed by atoms with Crippen LogP contribution in [0, 0.1) is 0 Å². The molecule has 1 saturated heterocycles. The molecule has 7 nitrogen and oxygen atoms in total. The highest BCUT2D eigenvalue weighted by Gasteiger charge is 2.34. The summed E-state index contributed by atoms with van der Waals surface area (Å²) in [5, 5.41) is 0. The molecule has 0 atom stereocenters. The monoisotopic (exact) mass is 359 g/mol. The Morgan fingerprint density at radius 1 is 1.04 bits per heavy atom. The molecule has 0 radical (unpaired) electrons. The molecule has 2 aliphatic heterocycles. The first kappa shape index (κ1) is 17.8. The maximum Gasteiger partial charge on any atom is 0.341 e. The summed E-state index contributed by atoms with van der Waals surface area (Å²) < 4.78 is 20.8. The third-order valence-electron chi connectivity index (χ3n) is 4.47. The van der Waals surface area contributed by atoms with Gasteiger partial charge in [0.25, 0.3) is 0 Å². The summed E-state index contributed by atoms with van der Waals surface area (Å²) in [5.41, 5.74) is 1.48. The van der Waals surface area contributed by atoms with Crippen molar-refractivity contribution in [1.29, 1.82) is 0 Å². The van der Waals surface area contributed by atoms with Crippen molar-refractivity contribution < 1.29 is 28.5 Å². The minimum absolute atomic E-state index is 0.0245. The number of carbonyl (C=O) groups is 2. The lowest BCUT2D eigenvalue weighted by atomic mass is 9.99. The Morgan fingerprint density at radius 2 is 1.73 bits per heavy atom. The van der Waals surface area contributed by atoms with Gasteiger partial charge in [0.05, 0.1) is 27.0 Å². The zero-order valence-corrected chi connectivity index (χ0v) is 15.0. The van der Waals surface area contributed by atoms with Crippen molar-refractivity contribution >= 4 is 17.6 Å². The van der Waals surface area contributed by atoms with Gasteiger partial charge in [-0.1, -0.05) is 0 Å². The standard InChI is InChI=1S/C19H21NO6/c1-23-12-6-7-13-15(10-12)26-11-14(18(21)24-2)16(19(22)25-3)17(13)20-8-4-5-9-20/h6-7,10-11H,4-5,8-9H2,1-3H3. The van der Waals surface area contributed by atoms with Gasteiger partial charge < -0.3 is 23.8 Å². The highest BCUT2D eigenvalue weighted by Crippen LogP contribution is 2.40. The number of carbonyl (C=O) groups excluding carboxylic acids is 2. The fourth-order valence-corrected chi connectivity index (χ4v) is 3.20. The van der Waals surface area contributed by atoms with Gasteiger partial charge in [0.2, 0.25) is 0 Å². The van der Waals surface area contributed by atoms with Crippen molar-refractivity contribution in [3.63, 3.8) is 0 Å². The third kappa shape index (κ3) is 3.12. The number of hydrogen-bond acceptors (Lipinski definition) is 7. The lowest BCUT2D eigenvalue weighted by Crippen LogP contribution is -2.24. The minimum Gasteiger partial charge on any atom is -0.497 e. The van der Waals surface area contributed by atoms with E-state index in [0.717, 1.165) is 25.9 Å². The third-order valence-corrected chi connectivity index (χ3v) is 4.47. The van der Waals surface area contributed by atoms with Gasteiger partial charge in [0.1, 0.15) is 28.9 Å². The Kier molecular flexibility index (Phi) is 5.16. The Balaban J connectivity index is 2.28. The van der Waals surface area contributed by atoms with Crippen molar-refractivity contribution in [3.05, 3.63) is 41.2 Å². The lowest BCUT2D eigenvalue weighted by Gasteiger charge is -2.25. The summed E-state index contributed by atoms with van der Waals surface area (Å²) in [6.07, 6.45) is 3.24. The second kappa shape index (κ2) is 7.51. The molecule has 2 aliphatic rings. The molecule has 0 amide bonds. The van der Waals surface area contributed by atoms with Crippen molar-refractivity contribution in [3.8, 4) is 11.5 Å². The molecule has 26 heavy (non-hydrogen) atoms. The highest BCUT2D eigenvalue weighted by atomic mass is 16.5. The normalized spacial score (nSPS) is 16.3. The molecular formula is C19H21NO6. The van der Waals surface area contributed by atoms with Crippen molar-refractivity contribution in [2.75, 3.05) is 34.4 Å². The molecule has 0 aromatic heterocycles. The van der Waals surface area contributed by atoms with Crippen LogP contribution in [-0.2, 0) is 19.1 Å². The molecule has 2 heterocycles. The van der Waals surface area contributed by atoms with Crippen molar-refractivity contribution in [1.82, 2.24) is 4.90 Å². The largest absolute Gasteiger partial charge is 0.497 e. The SMILES string of the molecule is COC(=O)C1=COc2cc(OC)ccc2C(N2CCCC2)=C1C(=O)OC. The van der Waals surface area contributed by atoms with Crippen molar-refractivity contribution in [2.45, 2.75) is 12.8 Å². The highest BCUT2D eigenvalue weighted by molar-refractivity contribution is 6.12. The zero-order chi connectivity index (χ0) is 18.7.